The highest BCUT2D eigenvalue weighted by molar-refractivity contribution is 5.76. The molecule has 0 radical (unpaired) electrons. The molecule has 1 aliphatic rings. The number of rotatable bonds is 4. The van der Waals surface area contributed by atoms with Crippen LogP contribution >= 0.6 is 0 Å². The summed E-state index contributed by atoms with van der Waals surface area (Å²) >= 11 is 0. The Bertz CT molecular complexity index is 721. The Kier molecular flexibility index (Phi) is 4.92. The third-order valence-electron chi connectivity index (χ3n) is 4.59. The number of hydrogen-bond donors (Lipinski definition) is 0. The molecule has 3 heterocycles. The SMILES string of the molecule is Cc1noc(C2CCN(C(=O)CCc3ncc(C(C)(C)C)o3)CC2)n1. The molecule has 25 heavy (non-hydrogen) atoms. The predicted molar refractivity (Wildman–Crippen MR) is 91.1 cm³/mol. The minimum absolute atomic E-state index is 0.0652. The van der Waals surface area contributed by atoms with Crippen LogP contribution in [0.1, 0.15) is 69.3 Å². The summed E-state index contributed by atoms with van der Waals surface area (Å²) in [6.45, 7) is 9.51. The summed E-state index contributed by atoms with van der Waals surface area (Å²) in [4.78, 5) is 22.9. The van der Waals surface area contributed by atoms with Crippen LogP contribution in [0.3, 0.4) is 0 Å². The number of aryl methyl sites for hydroxylation is 2. The van der Waals surface area contributed by atoms with E-state index in [1.165, 1.54) is 0 Å². The smallest absolute Gasteiger partial charge is 0.229 e. The van der Waals surface area contributed by atoms with E-state index >= 15 is 0 Å². The van der Waals surface area contributed by atoms with Gasteiger partial charge < -0.3 is 13.8 Å². The van der Waals surface area contributed by atoms with Gasteiger partial charge in [0.05, 0.1) is 6.20 Å². The van der Waals surface area contributed by atoms with Gasteiger partial charge in [0.15, 0.2) is 11.7 Å². The van der Waals surface area contributed by atoms with E-state index in [1.54, 1.807) is 6.20 Å². The van der Waals surface area contributed by atoms with E-state index in [-0.39, 0.29) is 17.2 Å². The van der Waals surface area contributed by atoms with Gasteiger partial charge in [0.1, 0.15) is 5.76 Å². The molecule has 3 rings (SSSR count). The normalized spacial score (nSPS) is 16.4. The molecule has 0 aromatic carbocycles. The number of hydrogen-bond acceptors (Lipinski definition) is 6. The molecule has 2 aromatic rings. The molecule has 0 bridgehead atoms. The Hall–Kier alpha value is -2.18. The Morgan fingerprint density at radius 3 is 2.60 bits per heavy atom. The van der Waals surface area contributed by atoms with Gasteiger partial charge >= 0.3 is 0 Å². The molecule has 0 N–H and O–H groups in total. The lowest BCUT2D eigenvalue weighted by atomic mass is 9.94. The number of piperidine rings is 1. The van der Waals surface area contributed by atoms with Crippen molar-refractivity contribution in [3.63, 3.8) is 0 Å². The number of likely N-dealkylation sites (tertiary alicyclic amines) is 1. The van der Waals surface area contributed by atoms with Crippen LogP contribution in [0.4, 0.5) is 0 Å². The van der Waals surface area contributed by atoms with Crippen LogP contribution in [-0.4, -0.2) is 39.0 Å². The Balaban J connectivity index is 1.47. The molecule has 0 atom stereocenters. The third-order valence-corrected chi connectivity index (χ3v) is 4.59. The summed E-state index contributed by atoms with van der Waals surface area (Å²) in [5.74, 6) is 3.25. The van der Waals surface area contributed by atoms with Gasteiger partial charge in [-0.1, -0.05) is 25.9 Å². The molecular formula is C18H26N4O3. The molecule has 1 fully saturated rings. The fourth-order valence-corrected chi connectivity index (χ4v) is 3.00. The van der Waals surface area contributed by atoms with Crippen molar-refractivity contribution in [2.45, 2.75) is 64.7 Å². The van der Waals surface area contributed by atoms with Crippen molar-refractivity contribution in [3.8, 4) is 0 Å². The summed E-state index contributed by atoms with van der Waals surface area (Å²) in [6, 6.07) is 0. The van der Waals surface area contributed by atoms with Crippen molar-refractivity contribution in [2.75, 3.05) is 13.1 Å². The first-order valence-electron chi connectivity index (χ1n) is 8.86. The fraction of sp³-hybridized carbons (Fsp3) is 0.667. The maximum Gasteiger partial charge on any atom is 0.229 e. The van der Waals surface area contributed by atoms with Crippen LogP contribution in [0.25, 0.3) is 0 Å². The van der Waals surface area contributed by atoms with E-state index < -0.39 is 0 Å². The van der Waals surface area contributed by atoms with Gasteiger partial charge in [0.2, 0.25) is 11.8 Å². The number of amides is 1. The zero-order valence-corrected chi connectivity index (χ0v) is 15.4. The highest BCUT2D eigenvalue weighted by Crippen LogP contribution is 2.27. The fourth-order valence-electron chi connectivity index (χ4n) is 3.00. The van der Waals surface area contributed by atoms with Gasteiger partial charge in [-0.05, 0) is 19.8 Å². The maximum absolute atomic E-state index is 12.4. The quantitative estimate of drug-likeness (QED) is 0.846. The van der Waals surface area contributed by atoms with Gasteiger partial charge in [-0.3, -0.25) is 4.79 Å². The Labute approximate surface area is 147 Å². The largest absolute Gasteiger partial charge is 0.445 e. The van der Waals surface area contributed by atoms with Crippen molar-refractivity contribution < 1.29 is 13.7 Å². The third kappa shape index (κ3) is 4.27. The van der Waals surface area contributed by atoms with Crippen LogP contribution in [-0.2, 0) is 16.6 Å². The van der Waals surface area contributed by atoms with Crippen molar-refractivity contribution in [2.24, 2.45) is 0 Å². The van der Waals surface area contributed by atoms with Crippen LogP contribution in [0.5, 0.6) is 0 Å². The molecule has 0 unspecified atom stereocenters. The van der Waals surface area contributed by atoms with E-state index in [1.807, 2.05) is 11.8 Å². The highest BCUT2D eigenvalue weighted by Gasteiger charge is 2.27. The first-order valence-corrected chi connectivity index (χ1v) is 8.86. The second-order valence-electron chi connectivity index (χ2n) is 7.70. The van der Waals surface area contributed by atoms with Crippen molar-refractivity contribution in [1.29, 1.82) is 0 Å². The van der Waals surface area contributed by atoms with E-state index in [0.717, 1.165) is 31.7 Å². The van der Waals surface area contributed by atoms with Crippen LogP contribution in [0, 0.1) is 6.92 Å². The molecule has 7 nitrogen and oxygen atoms in total. The summed E-state index contributed by atoms with van der Waals surface area (Å²) in [5, 5.41) is 3.84. The minimum atomic E-state index is -0.0652. The van der Waals surface area contributed by atoms with Crippen molar-refractivity contribution >= 4 is 5.91 Å². The van der Waals surface area contributed by atoms with Crippen molar-refractivity contribution in [3.05, 3.63) is 29.6 Å². The van der Waals surface area contributed by atoms with E-state index in [0.29, 0.717) is 30.4 Å². The topological polar surface area (TPSA) is 85.3 Å². The van der Waals surface area contributed by atoms with Gasteiger partial charge in [0.25, 0.3) is 0 Å². The maximum atomic E-state index is 12.4. The van der Waals surface area contributed by atoms with E-state index in [2.05, 4.69) is 35.9 Å². The first kappa shape index (κ1) is 17.6. The summed E-state index contributed by atoms with van der Waals surface area (Å²) < 4.78 is 11.0. The molecule has 0 spiro atoms. The van der Waals surface area contributed by atoms with Crippen LogP contribution in [0.15, 0.2) is 15.1 Å². The van der Waals surface area contributed by atoms with E-state index in [9.17, 15) is 4.79 Å². The van der Waals surface area contributed by atoms with Gasteiger partial charge in [0, 0.05) is 37.3 Å². The Morgan fingerprint density at radius 2 is 2.04 bits per heavy atom. The summed E-state index contributed by atoms with van der Waals surface area (Å²) in [6.07, 6.45) is 4.45. The molecule has 2 aromatic heterocycles. The van der Waals surface area contributed by atoms with Gasteiger partial charge in [-0.15, -0.1) is 0 Å². The molecule has 136 valence electrons. The number of carbonyl (C=O) groups is 1. The summed E-state index contributed by atoms with van der Waals surface area (Å²) in [7, 11) is 0. The second kappa shape index (κ2) is 6.98. The second-order valence-corrected chi connectivity index (χ2v) is 7.70. The van der Waals surface area contributed by atoms with Crippen molar-refractivity contribution in [1.82, 2.24) is 20.0 Å². The molecule has 1 aliphatic heterocycles. The number of nitrogens with zero attached hydrogens (tertiary/aromatic N) is 4. The molecule has 0 saturated carbocycles. The zero-order chi connectivity index (χ0) is 18.0. The minimum Gasteiger partial charge on any atom is -0.445 e. The molecule has 7 heteroatoms. The lowest BCUT2D eigenvalue weighted by Gasteiger charge is -2.30. The first-order chi connectivity index (χ1) is 11.8. The van der Waals surface area contributed by atoms with Crippen LogP contribution < -0.4 is 0 Å². The number of carbonyl (C=O) groups excluding carboxylic acids is 1. The lowest BCUT2D eigenvalue weighted by Crippen LogP contribution is -2.38. The van der Waals surface area contributed by atoms with Gasteiger partial charge in [-0.2, -0.15) is 4.98 Å². The molecular weight excluding hydrogens is 320 g/mol. The lowest BCUT2D eigenvalue weighted by molar-refractivity contribution is -0.132. The zero-order valence-electron chi connectivity index (χ0n) is 15.4. The number of aromatic nitrogens is 3. The van der Waals surface area contributed by atoms with Crippen LogP contribution in [0.2, 0.25) is 0 Å². The number of oxazole rings is 1. The average molecular weight is 346 g/mol. The predicted octanol–water partition coefficient (Wildman–Crippen LogP) is 3.00. The average Bonchev–Trinajstić information content (AvgIpc) is 3.21. The molecule has 1 saturated heterocycles. The monoisotopic (exact) mass is 346 g/mol. The van der Waals surface area contributed by atoms with Gasteiger partial charge in [-0.25, -0.2) is 4.98 Å². The molecule has 1 amide bonds. The standard InChI is InChI=1S/C18H26N4O3/c1-12-20-17(25-21-12)13-7-9-22(10-8-13)16(23)6-5-15-19-11-14(24-15)18(2,3)4/h11,13H,5-10H2,1-4H3. The highest BCUT2D eigenvalue weighted by atomic mass is 16.5. The Morgan fingerprint density at radius 1 is 1.32 bits per heavy atom. The van der Waals surface area contributed by atoms with E-state index in [4.69, 9.17) is 8.94 Å². The summed E-state index contributed by atoms with van der Waals surface area (Å²) in [5.41, 5.74) is -0.0652. The molecule has 0 aliphatic carbocycles.